The van der Waals surface area contributed by atoms with Gasteiger partial charge in [0, 0.05) is 5.56 Å². The molecule has 0 aliphatic carbocycles. The van der Waals surface area contributed by atoms with Crippen LogP contribution in [0, 0.1) is 5.41 Å². The largest absolute Gasteiger partial charge is 0.416 e. The summed E-state index contributed by atoms with van der Waals surface area (Å²) in [5, 5.41) is 11.4. The molecule has 1 aliphatic heterocycles. The standard InChI is InChI=1S/C22H30F3N5O/c1-2-3-4-5-6-7-8-15-9-10-16(13-17(15)22(23,24)25)20-28-21(31-29-20)18-11-12-19(27)30(18)14-26/h9-10,13-14,18-19,26H,2-8,11-12,27H2,1H3. The van der Waals surface area contributed by atoms with Gasteiger partial charge in [0.1, 0.15) is 6.04 Å². The van der Waals surface area contributed by atoms with Crippen LogP contribution < -0.4 is 5.73 Å². The number of nitrogens with one attached hydrogen (secondary N) is 1. The van der Waals surface area contributed by atoms with Crippen molar-refractivity contribution in [1.82, 2.24) is 15.0 Å². The molecule has 9 heteroatoms. The Morgan fingerprint density at radius 2 is 1.94 bits per heavy atom. The maximum Gasteiger partial charge on any atom is 0.416 e. The van der Waals surface area contributed by atoms with Gasteiger partial charge in [-0.25, -0.2) is 0 Å². The average molecular weight is 438 g/mol. The Bertz CT molecular complexity index is 867. The number of alkyl halides is 3. The normalized spacial score (nSPS) is 19.2. The first kappa shape index (κ1) is 23.2. The number of halogens is 3. The molecule has 2 heterocycles. The van der Waals surface area contributed by atoms with Gasteiger partial charge in [-0.1, -0.05) is 56.3 Å². The molecule has 6 nitrogen and oxygen atoms in total. The minimum Gasteiger partial charge on any atom is -0.337 e. The van der Waals surface area contributed by atoms with Crippen LogP contribution in [-0.2, 0) is 12.6 Å². The number of rotatable bonds is 10. The van der Waals surface area contributed by atoms with Crippen molar-refractivity contribution in [1.29, 1.82) is 5.41 Å². The van der Waals surface area contributed by atoms with Gasteiger partial charge in [0.2, 0.25) is 11.7 Å². The van der Waals surface area contributed by atoms with Crippen molar-refractivity contribution >= 4 is 6.34 Å². The number of hydrogen-bond acceptors (Lipinski definition) is 5. The highest BCUT2D eigenvalue weighted by molar-refractivity contribution is 5.58. The lowest BCUT2D eigenvalue weighted by Crippen LogP contribution is -2.36. The summed E-state index contributed by atoms with van der Waals surface area (Å²) in [7, 11) is 0. The Kier molecular flexibility index (Phi) is 7.69. The molecule has 1 aromatic carbocycles. The number of unbranched alkanes of at least 4 members (excludes halogenated alkanes) is 5. The van der Waals surface area contributed by atoms with E-state index >= 15 is 0 Å². The van der Waals surface area contributed by atoms with E-state index < -0.39 is 11.7 Å². The number of likely N-dealkylation sites (tertiary alicyclic amines) is 1. The Balaban J connectivity index is 1.75. The van der Waals surface area contributed by atoms with Crippen LogP contribution in [0.15, 0.2) is 22.7 Å². The molecule has 0 radical (unpaired) electrons. The van der Waals surface area contributed by atoms with Gasteiger partial charge in [-0.15, -0.1) is 0 Å². The third kappa shape index (κ3) is 5.64. The van der Waals surface area contributed by atoms with E-state index in [0.717, 1.165) is 44.5 Å². The van der Waals surface area contributed by atoms with Crippen LogP contribution in [0.2, 0.25) is 0 Å². The average Bonchev–Trinajstić information content (AvgIpc) is 3.36. The highest BCUT2D eigenvalue weighted by atomic mass is 19.4. The maximum atomic E-state index is 13.7. The predicted molar refractivity (Wildman–Crippen MR) is 112 cm³/mol. The van der Waals surface area contributed by atoms with Crippen LogP contribution in [0.1, 0.15) is 81.3 Å². The van der Waals surface area contributed by atoms with Gasteiger partial charge in [-0.05, 0) is 37.3 Å². The summed E-state index contributed by atoms with van der Waals surface area (Å²) < 4.78 is 46.4. The van der Waals surface area contributed by atoms with Crippen LogP contribution in [0.5, 0.6) is 0 Å². The molecule has 2 atom stereocenters. The van der Waals surface area contributed by atoms with Crippen LogP contribution in [0.25, 0.3) is 11.4 Å². The molecule has 0 spiro atoms. The second-order valence-corrected chi connectivity index (χ2v) is 8.08. The zero-order chi connectivity index (χ0) is 22.4. The Hall–Kier alpha value is -2.42. The van der Waals surface area contributed by atoms with Gasteiger partial charge in [0.05, 0.1) is 18.1 Å². The van der Waals surface area contributed by atoms with Gasteiger partial charge in [-0.3, -0.25) is 5.41 Å². The first-order valence-electron chi connectivity index (χ1n) is 10.9. The van der Waals surface area contributed by atoms with Crippen molar-refractivity contribution in [3.63, 3.8) is 0 Å². The molecule has 1 saturated heterocycles. The first-order chi connectivity index (χ1) is 14.8. The minimum atomic E-state index is -4.45. The Morgan fingerprint density at radius 1 is 1.19 bits per heavy atom. The molecule has 170 valence electrons. The highest BCUT2D eigenvalue weighted by Gasteiger charge is 2.35. The molecule has 3 N–H and O–H groups in total. The van der Waals surface area contributed by atoms with Crippen molar-refractivity contribution in [2.45, 2.75) is 83.1 Å². The third-order valence-electron chi connectivity index (χ3n) is 5.83. The number of aryl methyl sites for hydroxylation is 1. The molecule has 31 heavy (non-hydrogen) atoms. The van der Waals surface area contributed by atoms with Crippen LogP contribution in [0.3, 0.4) is 0 Å². The number of hydrogen-bond donors (Lipinski definition) is 2. The van der Waals surface area contributed by atoms with Gasteiger partial charge in [-0.2, -0.15) is 18.2 Å². The van der Waals surface area contributed by atoms with E-state index in [1.807, 2.05) is 0 Å². The summed E-state index contributed by atoms with van der Waals surface area (Å²) in [4.78, 5) is 5.92. The van der Waals surface area contributed by atoms with E-state index in [9.17, 15) is 13.2 Å². The van der Waals surface area contributed by atoms with Crippen molar-refractivity contribution in [3.8, 4) is 11.4 Å². The van der Waals surface area contributed by atoms with E-state index in [-0.39, 0.29) is 29.5 Å². The van der Waals surface area contributed by atoms with Crippen molar-refractivity contribution < 1.29 is 17.7 Å². The second-order valence-electron chi connectivity index (χ2n) is 8.08. The number of nitrogens with two attached hydrogens (primary N) is 1. The van der Waals surface area contributed by atoms with E-state index in [2.05, 4.69) is 17.1 Å². The molecule has 2 aromatic rings. The van der Waals surface area contributed by atoms with Crippen molar-refractivity contribution in [2.75, 3.05) is 0 Å². The van der Waals surface area contributed by atoms with Crippen LogP contribution in [-0.4, -0.2) is 27.5 Å². The monoisotopic (exact) mass is 437 g/mol. The van der Waals surface area contributed by atoms with Crippen LogP contribution in [0.4, 0.5) is 13.2 Å². The van der Waals surface area contributed by atoms with E-state index in [0.29, 0.717) is 24.8 Å². The van der Waals surface area contributed by atoms with E-state index in [1.54, 1.807) is 11.0 Å². The van der Waals surface area contributed by atoms with E-state index in [4.69, 9.17) is 15.7 Å². The second kappa shape index (κ2) is 10.3. The summed E-state index contributed by atoms with van der Waals surface area (Å²) in [6.45, 7) is 2.14. The van der Waals surface area contributed by atoms with Gasteiger partial charge in [0.25, 0.3) is 0 Å². The number of benzene rings is 1. The van der Waals surface area contributed by atoms with Crippen LogP contribution >= 0.6 is 0 Å². The maximum absolute atomic E-state index is 13.7. The summed E-state index contributed by atoms with van der Waals surface area (Å²) in [5.41, 5.74) is 5.87. The lowest BCUT2D eigenvalue weighted by atomic mass is 9.97. The molecule has 0 bridgehead atoms. The molecule has 0 saturated carbocycles. The predicted octanol–water partition coefficient (Wildman–Crippen LogP) is 5.69. The Morgan fingerprint density at radius 3 is 2.65 bits per heavy atom. The van der Waals surface area contributed by atoms with Gasteiger partial charge < -0.3 is 15.2 Å². The molecular formula is C22H30F3N5O. The fraction of sp³-hybridized carbons (Fsp3) is 0.591. The smallest absolute Gasteiger partial charge is 0.337 e. The molecule has 2 unspecified atom stereocenters. The van der Waals surface area contributed by atoms with E-state index in [1.165, 1.54) is 12.5 Å². The topological polar surface area (TPSA) is 92.0 Å². The summed E-state index contributed by atoms with van der Waals surface area (Å²) in [6, 6.07) is 3.92. The number of nitrogens with zero attached hydrogens (tertiary/aromatic N) is 3. The first-order valence-corrected chi connectivity index (χ1v) is 10.9. The summed E-state index contributed by atoms with van der Waals surface area (Å²) >= 11 is 0. The molecular weight excluding hydrogens is 407 g/mol. The minimum absolute atomic E-state index is 0.108. The zero-order valence-corrected chi connectivity index (χ0v) is 17.8. The lowest BCUT2D eigenvalue weighted by molar-refractivity contribution is -0.138. The van der Waals surface area contributed by atoms with Gasteiger partial charge >= 0.3 is 6.18 Å². The molecule has 1 fully saturated rings. The highest BCUT2D eigenvalue weighted by Crippen LogP contribution is 2.36. The fourth-order valence-electron chi connectivity index (χ4n) is 4.08. The molecule has 1 aliphatic rings. The molecule has 1 aromatic heterocycles. The third-order valence-corrected chi connectivity index (χ3v) is 5.83. The summed E-state index contributed by atoms with van der Waals surface area (Å²) in [6.07, 6.45) is 4.24. The van der Waals surface area contributed by atoms with Gasteiger partial charge in [0.15, 0.2) is 0 Å². The summed E-state index contributed by atoms with van der Waals surface area (Å²) in [5.74, 6) is 0.369. The Labute approximate surface area is 180 Å². The number of aromatic nitrogens is 2. The lowest BCUT2D eigenvalue weighted by Gasteiger charge is -2.22. The SMILES string of the molecule is CCCCCCCCc1ccc(-c2noc(C3CCC(N)N3C=N)n2)cc1C(F)(F)F. The zero-order valence-electron chi connectivity index (χ0n) is 17.8. The quantitative estimate of drug-likeness (QED) is 0.283. The molecule has 0 amide bonds. The van der Waals surface area contributed by atoms with Crippen molar-refractivity contribution in [3.05, 3.63) is 35.2 Å². The van der Waals surface area contributed by atoms with Crippen molar-refractivity contribution in [2.24, 2.45) is 5.73 Å². The fourth-order valence-corrected chi connectivity index (χ4v) is 4.08. The molecule has 3 rings (SSSR count).